The van der Waals surface area contributed by atoms with Crippen LogP contribution in [-0.2, 0) is 0 Å². The van der Waals surface area contributed by atoms with E-state index in [0.717, 1.165) is 64.1 Å². The number of carbonyl (C=O) groups is 1. The Morgan fingerprint density at radius 1 is 0.966 bits per heavy atom. The first-order valence-electron chi connectivity index (χ1n) is 9.60. The van der Waals surface area contributed by atoms with Crippen molar-refractivity contribution in [3.05, 3.63) is 41.8 Å². The van der Waals surface area contributed by atoms with E-state index in [1.807, 2.05) is 21.9 Å². The second kappa shape index (κ2) is 10.7. The van der Waals surface area contributed by atoms with Gasteiger partial charge in [-0.1, -0.05) is 12.1 Å². The Bertz CT molecular complexity index is 807. The number of rotatable bonds is 3. The van der Waals surface area contributed by atoms with Crippen molar-refractivity contribution in [2.45, 2.75) is 19.3 Å². The minimum absolute atomic E-state index is 0. The Kier molecular flexibility index (Phi) is 8.61. The van der Waals surface area contributed by atoms with Crippen LogP contribution in [0, 0.1) is 5.82 Å². The zero-order valence-corrected chi connectivity index (χ0v) is 17.8. The Hall–Kier alpha value is -1.96. The fraction of sp³-hybridized carbons (Fsp3) is 0.450. The molecule has 0 spiro atoms. The standard InChI is InChI=1S/C20H24FN5O.2ClH/c21-17-14-23-18(24-19(17)25-10-1-2-11-25)15-4-6-16(7-5-15)20(27)26-12-3-8-22-9-13-26;;/h4-7,14,22H,1-3,8-13H2;2*1H. The van der Waals surface area contributed by atoms with Crippen LogP contribution >= 0.6 is 24.8 Å². The maximum atomic E-state index is 14.1. The zero-order chi connectivity index (χ0) is 18.6. The molecule has 0 unspecified atom stereocenters. The molecule has 3 heterocycles. The van der Waals surface area contributed by atoms with Gasteiger partial charge in [0, 0.05) is 43.9 Å². The molecule has 6 nitrogen and oxygen atoms in total. The lowest BCUT2D eigenvalue weighted by Gasteiger charge is -2.20. The Morgan fingerprint density at radius 2 is 1.69 bits per heavy atom. The summed E-state index contributed by atoms with van der Waals surface area (Å²) in [6.07, 6.45) is 4.31. The number of nitrogens with one attached hydrogen (secondary N) is 1. The average molecular weight is 442 g/mol. The summed E-state index contributed by atoms with van der Waals surface area (Å²) < 4.78 is 14.1. The molecule has 0 bridgehead atoms. The topological polar surface area (TPSA) is 61.4 Å². The lowest BCUT2D eigenvalue weighted by Crippen LogP contribution is -2.34. The first-order valence-corrected chi connectivity index (χ1v) is 9.60. The highest BCUT2D eigenvalue weighted by molar-refractivity contribution is 5.94. The van der Waals surface area contributed by atoms with Gasteiger partial charge in [0.2, 0.25) is 0 Å². The van der Waals surface area contributed by atoms with Crippen LogP contribution in [-0.4, -0.2) is 60.0 Å². The maximum Gasteiger partial charge on any atom is 0.253 e. The van der Waals surface area contributed by atoms with Gasteiger partial charge in [-0.05, 0) is 37.9 Å². The van der Waals surface area contributed by atoms with Crippen molar-refractivity contribution in [1.82, 2.24) is 20.2 Å². The minimum atomic E-state index is -0.387. The van der Waals surface area contributed by atoms with Gasteiger partial charge < -0.3 is 15.1 Å². The number of hydrogen-bond donors (Lipinski definition) is 1. The van der Waals surface area contributed by atoms with Crippen LogP contribution < -0.4 is 10.2 Å². The van der Waals surface area contributed by atoms with Crippen LogP contribution in [0.5, 0.6) is 0 Å². The SMILES string of the molecule is Cl.Cl.O=C(c1ccc(-c2ncc(F)c(N3CCCC3)n2)cc1)N1CCCNCC1. The Labute approximate surface area is 182 Å². The van der Waals surface area contributed by atoms with Gasteiger partial charge in [-0.2, -0.15) is 0 Å². The molecule has 2 fully saturated rings. The molecule has 0 atom stereocenters. The van der Waals surface area contributed by atoms with E-state index in [-0.39, 0.29) is 36.5 Å². The number of halogens is 3. The molecule has 158 valence electrons. The molecule has 9 heteroatoms. The van der Waals surface area contributed by atoms with Crippen molar-refractivity contribution in [3.8, 4) is 11.4 Å². The largest absolute Gasteiger partial charge is 0.354 e. The van der Waals surface area contributed by atoms with Crippen LogP contribution in [0.3, 0.4) is 0 Å². The predicted octanol–water partition coefficient (Wildman–Crippen LogP) is 3.16. The third-order valence-corrected chi connectivity index (χ3v) is 5.15. The molecule has 1 aromatic heterocycles. The fourth-order valence-electron chi connectivity index (χ4n) is 3.64. The third kappa shape index (κ3) is 5.35. The van der Waals surface area contributed by atoms with Crippen molar-refractivity contribution in [3.63, 3.8) is 0 Å². The van der Waals surface area contributed by atoms with Gasteiger partial charge in [0.05, 0.1) is 6.20 Å². The summed E-state index contributed by atoms with van der Waals surface area (Å²) in [6.45, 7) is 4.92. The van der Waals surface area contributed by atoms with Crippen molar-refractivity contribution in [2.75, 3.05) is 44.2 Å². The number of hydrogen-bond acceptors (Lipinski definition) is 5. The molecule has 1 amide bonds. The van der Waals surface area contributed by atoms with Crippen LogP contribution in [0.25, 0.3) is 11.4 Å². The molecule has 2 aliphatic rings. The molecule has 0 radical (unpaired) electrons. The fourth-order valence-corrected chi connectivity index (χ4v) is 3.64. The minimum Gasteiger partial charge on any atom is -0.354 e. The molecule has 2 aliphatic heterocycles. The Morgan fingerprint density at radius 3 is 2.41 bits per heavy atom. The van der Waals surface area contributed by atoms with E-state index in [9.17, 15) is 9.18 Å². The predicted molar refractivity (Wildman–Crippen MR) is 117 cm³/mol. The quantitative estimate of drug-likeness (QED) is 0.792. The summed E-state index contributed by atoms with van der Waals surface area (Å²) in [7, 11) is 0. The van der Waals surface area contributed by atoms with E-state index in [2.05, 4.69) is 15.3 Å². The van der Waals surface area contributed by atoms with E-state index in [1.54, 1.807) is 12.1 Å². The second-order valence-electron chi connectivity index (χ2n) is 7.03. The van der Waals surface area contributed by atoms with Crippen LogP contribution in [0.1, 0.15) is 29.6 Å². The first-order chi connectivity index (χ1) is 13.2. The lowest BCUT2D eigenvalue weighted by atomic mass is 10.1. The maximum absolute atomic E-state index is 14.1. The molecule has 2 saturated heterocycles. The van der Waals surface area contributed by atoms with Gasteiger partial charge in [-0.3, -0.25) is 4.79 Å². The van der Waals surface area contributed by atoms with Crippen molar-refractivity contribution in [1.29, 1.82) is 0 Å². The van der Waals surface area contributed by atoms with Crippen molar-refractivity contribution < 1.29 is 9.18 Å². The highest BCUT2D eigenvalue weighted by Gasteiger charge is 2.20. The van der Waals surface area contributed by atoms with Gasteiger partial charge in [-0.15, -0.1) is 24.8 Å². The third-order valence-electron chi connectivity index (χ3n) is 5.15. The van der Waals surface area contributed by atoms with Crippen LogP contribution in [0.2, 0.25) is 0 Å². The monoisotopic (exact) mass is 441 g/mol. The van der Waals surface area contributed by atoms with Crippen LogP contribution in [0.4, 0.5) is 10.2 Å². The summed E-state index contributed by atoms with van der Waals surface area (Å²) in [4.78, 5) is 25.1. The van der Waals surface area contributed by atoms with E-state index in [1.165, 1.54) is 6.20 Å². The van der Waals surface area contributed by atoms with Gasteiger partial charge in [0.25, 0.3) is 5.91 Å². The molecule has 1 N–H and O–H groups in total. The van der Waals surface area contributed by atoms with Gasteiger partial charge in [-0.25, -0.2) is 14.4 Å². The number of benzene rings is 1. The molecular weight excluding hydrogens is 416 g/mol. The molecular formula is C20H26Cl2FN5O. The van der Waals surface area contributed by atoms with E-state index in [0.29, 0.717) is 17.2 Å². The van der Waals surface area contributed by atoms with Gasteiger partial charge >= 0.3 is 0 Å². The van der Waals surface area contributed by atoms with E-state index in [4.69, 9.17) is 0 Å². The molecule has 2 aromatic rings. The smallest absolute Gasteiger partial charge is 0.253 e. The number of anilines is 1. The van der Waals surface area contributed by atoms with Crippen molar-refractivity contribution >= 4 is 36.5 Å². The number of nitrogens with zero attached hydrogens (tertiary/aromatic N) is 4. The molecule has 4 rings (SSSR count). The summed E-state index contributed by atoms with van der Waals surface area (Å²) >= 11 is 0. The number of amides is 1. The van der Waals surface area contributed by atoms with Gasteiger partial charge in [0.1, 0.15) is 0 Å². The Balaban J connectivity index is 0.00000150. The van der Waals surface area contributed by atoms with Crippen molar-refractivity contribution in [2.24, 2.45) is 0 Å². The molecule has 1 aromatic carbocycles. The zero-order valence-electron chi connectivity index (χ0n) is 16.1. The average Bonchev–Trinajstić information content (AvgIpc) is 3.10. The second-order valence-corrected chi connectivity index (χ2v) is 7.03. The summed E-state index contributed by atoms with van der Waals surface area (Å²) in [5, 5.41) is 3.30. The van der Waals surface area contributed by atoms with Crippen LogP contribution in [0.15, 0.2) is 30.5 Å². The summed E-state index contributed by atoms with van der Waals surface area (Å²) in [6, 6.07) is 7.28. The summed E-state index contributed by atoms with van der Waals surface area (Å²) in [5.41, 5.74) is 1.44. The van der Waals surface area contributed by atoms with Gasteiger partial charge in [0.15, 0.2) is 17.5 Å². The normalized spacial score (nSPS) is 16.6. The van der Waals surface area contributed by atoms with E-state index >= 15 is 0 Å². The highest BCUT2D eigenvalue weighted by Crippen LogP contribution is 2.24. The molecule has 0 aliphatic carbocycles. The highest BCUT2D eigenvalue weighted by atomic mass is 35.5. The summed E-state index contributed by atoms with van der Waals surface area (Å²) in [5.74, 6) is 0.510. The molecule has 0 saturated carbocycles. The first kappa shape index (κ1) is 23.3. The number of aromatic nitrogens is 2. The lowest BCUT2D eigenvalue weighted by molar-refractivity contribution is 0.0766. The van der Waals surface area contributed by atoms with E-state index < -0.39 is 0 Å². The number of carbonyl (C=O) groups excluding carboxylic acids is 1. The molecule has 29 heavy (non-hydrogen) atoms.